The Labute approximate surface area is 153 Å². The Kier molecular flexibility index (Phi) is 4.01. The number of pyridine rings is 1. The molecule has 0 fully saturated rings. The molecule has 0 aliphatic carbocycles. The van der Waals surface area contributed by atoms with Crippen LogP contribution in [0.4, 0.5) is 0 Å². The quantitative estimate of drug-likeness (QED) is 0.555. The van der Waals surface area contributed by atoms with Crippen molar-refractivity contribution in [1.29, 1.82) is 0 Å². The fourth-order valence-electron chi connectivity index (χ4n) is 3.06. The van der Waals surface area contributed by atoms with Crippen LogP contribution in [0.2, 0.25) is 5.15 Å². The monoisotopic (exact) mass is 372 g/mol. The second-order valence-corrected chi connectivity index (χ2v) is 7.25. The second-order valence-electron chi connectivity index (χ2n) is 5.79. The smallest absolute Gasteiger partial charge is 0.350 e. The highest BCUT2D eigenvalue weighted by molar-refractivity contribution is 7.98. The van der Waals surface area contributed by atoms with Crippen LogP contribution in [-0.4, -0.2) is 14.7 Å². The summed E-state index contributed by atoms with van der Waals surface area (Å²) in [7, 11) is 1.77. The molecule has 2 aromatic heterocycles. The first-order valence-corrected chi connectivity index (χ1v) is 9.15. The van der Waals surface area contributed by atoms with Gasteiger partial charge < -0.3 is 5.11 Å². The Bertz CT molecular complexity index is 1000. The molecule has 1 aromatic carbocycles. The maximum atomic E-state index is 13.2. The number of thioether (sulfide) groups is 1. The number of hydrogen-bond acceptors (Lipinski definition) is 4. The van der Waals surface area contributed by atoms with Gasteiger partial charge in [0, 0.05) is 11.8 Å². The summed E-state index contributed by atoms with van der Waals surface area (Å²) in [5, 5.41) is 10.8. The summed E-state index contributed by atoms with van der Waals surface area (Å²) in [6, 6.07) is 12.8. The van der Waals surface area contributed by atoms with Gasteiger partial charge in [0.25, 0.3) is 11.7 Å². The predicted octanol–water partition coefficient (Wildman–Crippen LogP) is 2.89. The van der Waals surface area contributed by atoms with Crippen molar-refractivity contribution in [3.8, 4) is 17.0 Å². The van der Waals surface area contributed by atoms with Gasteiger partial charge in [-0.15, -0.1) is 0 Å². The number of nitrogens with zero attached hydrogens (tertiary/aromatic N) is 3. The first-order valence-electron chi connectivity index (χ1n) is 7.73. The highest BCUT2D eigenvalue weighted by Gasteiger charge is 2.38. The normalized spacial score (nSPS) is 16.0. The van der Waals surface area contributed by atoms with Crippen molar-refractivity contribution in [2.75, 3.05) is 0 Å². The summed E-state index contributed by atoms with van der Waals surface area (Å²) < 4.78 is 3.41. The zero-order chi connectivity index (χ0) is 17.6. The topological polar surface area (TPSA) is 59.0 Å². The molecule has 1 N–H and O–H groups in total. The van der Waals surface area contributed by atoms with Crippen LogP contribution in [0, 0.1) is 0 Å². The third kappa shape index (κ3) is 2.62. The zero-order valence-corrected chi connectivity index (χ0v) is 15.0. The van der Waals surface area contributed by atoms with Crippen LogP contribution >= 0.6 is 23.4 Å². The summed E-state index contributed by atoms with van der Waals surface area (Å²) in [5.74, 6) is 1.38. The van der Waals surface area contributed by atoms with Gasteiger partial charge in [0.2, 0.25) is 0 Å². The molecule has 0 bridgehead atoms. The average molecular weight is 373 g/mol. The van der Waals surface area contributed by atoms with E-state index in [2.05, 4.69) is 4.98 Å². The van der Waals surface area contributed by atoms with Gasteiger partial charge in [0.1, 0.15) is 5.15 Å². The SMILES string of the molecule is C[n+]1c(O)c(-c2ccccc2)c(=O)n2c1CSC2c1ccc(Cl)nc1. The Balaban J connectivity index is 1.95. The minimum absolute atomic E-state index is 0.0158. The summed E-state index contributed by atoms with van der Waals surface area (Å²) in [6.45, 7) is 0. The predicted molar refractivity (Wildman–Crippen MR) is 97.7 cm³/mol. The Morgan fingerprint density at radius 2 is 2.04 bits per heavy atom. The van der Waals surface area contributed by atoms with Gasteiger partial charge in [-0.3, -0.25) is 0 Å². The number of benzene rings is 1. The largest absolute Gasteiger partial charge is 0.477 e. The molecule has 0 radical (unpaired) electrons. The maximum Gasteiger partial charge on any atom is 0.350 e. The van der Waals surface area contributed by atoms with Crippen molar-refractivity contribution >= 4 is 23.4 Å². The van der Waals surface area contributed by atoms with E-state index in [4.69, 9.17) is 11.6 Å². The Morgan fingerprint density at radius 1 is 1.28 bits per heavy atom. The highest BCUT2D eigenvalue weighted by atomic mass is 35.5. The lowest BCUT2D eigenvalue weighted by molar-refractivity contribution is -0.688. The molecule has 25 heavy (non-hydrogen) atoms. The summed E-state index contributed by atoms with van der Waals surface area (Å²) in [6.07, 6.45) is 1.69. The lowest BCUT2D eigenvalue weighted by Gasteiger charge is -2.12. The van der Waals surface area contributed by atoms with Crippen LogP contribution in [0.3, 0.4) is 0 Å². The highest BCUT2D eigenvalue weighted by Crippen LogP contribution is 2.39. The molecule has 1 aliphatic heterocycles. The minimum Gasteiger partial charge on any atom is -0.477 e. The van der Waals surface area contributed by atoms with Gasteiger partial charge >= 0.3 is 5.56 Å². The molecule has 1 aliphatic rings. The van der Waals surface area contributed by atoms with Gasteiger partial charge in [0.05, 0.1) is 12.8 Å². The molecule has 1 unspecified atom stereocenters. The number of fused-ring (bicyclic) bond motifs is 1. The van der Waals surface area contributed by atoms with Crippen molar-refractivity contribution in [2.45, 2.75) is 11.1 Å². The van der Waals surface area contributed by atoms with E-state index in [0.29, 0.717) is 22.0 Å². The molecule has 0 saturated carbocycles. The fourth-order valence-corrected chi connectivity index (χ4v) is 4.51. The van der Waals surface area contributed by atoms with Gasteiger partial charge in [-0.25, -0.2) is 14.3 Å². The van der Waals surface area contributed by atoms with Crippen LogP contribution in [0.1, 0.15) is 16.8 Å². The van der Waals surface area contributed by atoms with E-state index in [1.54, 1.807) is 40.2 Å². The summed E-state index contributed by atoms with van der Waals surface area (Å²) in [5.41, 5.74) is 1.70. The molecule has 0 spiro atoms. The van der Waals surface area contributed by atoms with E-state index in [9.17, 15) is 9.90 Å². The molecule has 5 nitrogen and oxygen atoms in total. The molecular weight excluding hydrogens is 358 g/mol. The van der Waals surface area contributed by atoms with Gasteiger partial charge in [0.15, 0.2) is 10.9 Å². The molecular formula is C18H15ClN3O2S+. The van der Waals surface area contributed by atoms with Gasteiger partial charge in [-0.05, 0) is 17.7 Å². The first-order chi connectivity index (χ1) is 12.1. The molecule has 126 valence electrons. The zero-order valence-electron chi connectivity index (χ0n) is 13.4. The number of aromatic nitrogens is 3. The molecule has 7 heteroatoms. The van der Waals surface area contributed by atoms with Gasteiger partial charge in [-0.1, -0.05) is 53.7 Å². The van der Waals surface area contributed by atoms with Crippen LogP contribution in [0.15, 0.2) is 53.5 Å². The summed E-state index contributed by atoms with van der Waals surface area (Å²) in [4.78, 5) is 17.3. The number of aromatic hydroxyl groups is 1. The lowest BCUT2D eigenvalue weighted by atomic mass is 10.1. The number of hydrogen-bond donors (Lipinski definition) is 1. The van der Waals surface area contributed by atoms with Crippen LogP contribution < -0.4 is 10.1 Å². The van der Waals surface area contributed by atoms with E-state index < -0.39 is 0 Å². The van der Waals surface area contributed by atoms with Crippen LogP contribution in [0.5, 0.6) is 5.88 Å². The molecule has 0 amide bonds. The third-order valence-electron chi connectivity index (χ3n) is 4.34. The Morgan fingerprint density at radius 3 is 2.72 bits per heavy atom. The molecule has 3 heterocycles. The van der Waals surface area contributed by atoms with E-state index in [0.717, 1.165) is 11.4 Å². The van der Waals surface area contributed by atoms with Gasteiger partial charge in [-0.2, -0.15) is 4.57 Å². The van der Waals surface area contributed by atoms with E-state index in [1.807, 2.05) is 36.4 Å². The molecule has 1 atom stereocenters. The van der Waals surface area contributed by atoms with Crippen molar-refractivity contribution in [1.82, 2.24) is 9.55 Å². The molecule has 4 rings (SSSR count). The van der Waals surface area contributed by atoms with Crippen LogP contribution in [-0.2, 0) is 12.8 Å². The van der Waals surface area contributed by atoms with E-state index >= 15 is 0 Å². The Hall–Kier alpha value is -2.31. The van der Waals surface area contributed by atoms with Crippen molar-refractivity contribution in [3.63, 3.8) is 0 Å². The average Bonchev–Trinajstić information content (AvgIpc) is 3.07. The minimum atomic E-state index is -0.207. The summed E-state index contributed by atoms with van der Waals surface area (Å²) >= 11 is 7.50. The van der Waals surface area contributed by atoms with Crippen molar-refractivity contribution in [2.24, 2.45) is 7.05 Å². The second kappa shape index (κ2) is 6.20. The van der Waals surface area contributed by atoms with Crippen molar-refractivity contribution < 1.29 is 9.67 Å². The molecule has 0 saturated heterocycles. The van der Waals surface area contributed by atoms with E-state index in [1.165, 1.54) is 0 Å². The molecule has 3 aromatic rings. The number of halogens is 1. The fraction of sp³-hybridized carbons (Fsp3) is 0.167. The van der Waals surface area contributed by atoms with E-state index in [-0.39, 0.29) is 16.8 Å². The van der Waals surface area contributed by atoms with Crippen LogP contribution in [0.25, 0.3) is 11.1 Å². The third-order valence-corrected chi connectivity index (χ3v) is 5.79. The number of rotatable bonds is 2. The first kappa shape index (κ1) is 16.2. The maximum absolute atomic E-state index is 13.2. The standard InChI is InChI=1S/C18H14ClN3O2S/c1-21-14-10-25-18(12-7-8-13(19)20-9-12)22(14)17(24)15(16(21)23)11-5-3-2-4-6-11/h2-9,18H,10H2,1H3/p+1. The lowest BCUT2D eigenvalue weighted by Crippen LogP contribution is -2.42. The van der Waals surface area contributed by atoms with Crippen molar-refractivity contribution in [3.05, 3.63) is 75.6 Å².